The van der Waals surface area contributed by atoms with Crippen molar-refractivity contribution in [3.8, 4) is 0 Å². The van der Waals surface area contributed by atoms with Crippen molar-refractivity contribution in [1.82, 2.24) is 0 Å². The predicted octanol–water partition coefficient (Wildman–Crippen LogP) is 12.5. The van der Waals surface area contributed by atoms with Gasteiger partial charge in [0.15, 0.2) is 0 Å². The highest BCUT2D eigenvalue weighted by molar-refractivity contribution is 5.78. The number of allylic oxidation sites excluding steroid dienone is 12. The standard InChI is InChI=1S/C37H62O/c1-3-5-7-9-11-13-15-17-19-21-23-25-27-29-31-33-35-37(38)36-34-32-30-28-26-24-22-20-18-16-14-12-10-8-6-4-2/h5-8,11-14,17-20H,3-4,9-10,15-16,21-36H2,1-2H3. The van der Waals surface area contributed by atoms with Gasteiger partial charge in [0.2, 0.25) is 0 Å². The average molecular weight is 523 g/mol. The van der Waals surface area contributed by atoms with Crippen LogP contribution in [0, 0.1) is 0 Å². The lowest BCUT2D eigenvalue weighted by atomic mass is 10.0. The summed E-state index contributed by atoms with van der Waals surface area (Å²) in [6.07, 6.45) is 52.7. The van der Waals surface area contributed by atoms with E-state index in [1.54, 1.807) is 0 Å². The molecule has 0 aromatic carbocycles. The van der Waals surface area contributed by atoms with Crippen molar-refractivity contribution < 1.29 is 4.79 Å². The van der Waals surface area contributed by atoms with E-state index in [1.807, 2.05) is 0 Å². The zero-order valence-electron chi connectivity index (χ0n) is 25.4. The lowest BCUT2D eigenvalue weighted by molar-refractivity contribution is -0.119. The Bertz CT molecular complexity index is 602. The fourth-order valence-electron chi connectivity index (χ4n) is 4.36. The molecule has 0 aliphatic carbocycles. The first-order chi connectivity index (χ1) is 18.8. The first kappa shape index (κ1) is 36.1. The van der Waals surface area contributed by atoms with Gasteiger partial charge in [-0.1, -0.05) is 138 Å². The zero-order chi connectivity index (χ0) is 27.6. The van der Waals surface area contributed by atoms with Crippen LogP contribution in [0.5, 0.6) is 0 Å². The minimum absolute atomic E-state index is 0.492. The van der Waals surface area contributed by atoms with E-state index in [0.29, 0.717) is 5.78 Å². The second-order valence-corrected chi connectivity index (χ2v) is 10.4. The number of ketones is 1. The summed E-state index contributed by atoms with van der Waals surface area (Å²) in [5.74, 6) is 0.492. The van der Waals surface area contributed by atoms with Gasteiger partial charge in [-0.25, -0.2) is 0 Å². The third-order valence-electron chi connectivity index (χ3n) is 6.71. The molecule has 0 saturated heterocycles. The van der Waals surface area contributed by atoms with Gasteiger partial charge >= 0.3 is 0 Å². The molecule has 0 spiro atoms. The van der Waals surface area contributed by atoms with Crippen LogP contribution < -0.4 is 0 Å². The van der Waals surface area contributed by atoms with Crippen molar-refractivity contribution in [2.24, 2.45) is 0 Å². The maximum Gasteiger partial charge on any atom is 0.132 e. The van der Waals surface area contributed by atoms with Crippen LogP contribution in [-0.4, -0.2) is 5.78 Å². The second-order valence-electron chi connectivity index (χ2n) is 10.4. The molecule has 0 bridgehead atoms. The minimum Gasteiger partial charge on any atom is -0.300 e. The van der Waals surface area contributed by atoms with Crippen molar-refractivity contribution in [2.75, 3.05) is 0 Å². The van der Waals surface area contributed by atoms with Crippen molar-refractivity contribution in [3.05, 3.63) is 72.9 Å². The van der Waals surface area contributed by atoms with E-state index in [9.17, 15) is 4.79 Å². The Kier molecular flexibility index (Phi) is 31.5. The third kappa shape index (κ3) is 32.1. The molecule has 0 aliphatic heterocycles. The third-order valence-corrected chi connectivity index (χ3v) is 6.71. The number of rotatable bonds is 28. The molecular formula is C37H62O. The van der Waals surface area contributed by atoms with E-state index in [-0.39, 0.29) is 0 Å². The van der Waals surface area contributed by atoms with Crippen LogP contribution in [-0.2, 0) is 4.79 Å². The molecule has 0 aromatic heterocycles. The van der Waals surface area contributed by atoms with E-state index in [1.165, 1.54) is 77.0 Å². The lowest BCUT2D eigenvalue weighted by Gasteiger charge is -2.03. The summed E-state index contributed by atoms with van der Waals surface area (Å²) in [6, 6.07) is 0. The van der Waals surface area contributed by atoms with Crippen LogP contribution in [0.25, 0.3) is 0 Å². The van der Waals surface area contributed by atoms with Gasteiger partial charge in [0.25, 0.3) is 0 Å². The maximum atomic E-state index is 12.1. The summed E-state index contributed by atoms with van der Waals surface area (Å²) in [4.78, 5) is 12.1. The monoisotopic (exact) mass is 522 g/mol. The molecule has 216 valence electrons. The van der Waals surface area contributed by atoms with Crippen LogP contribution in [0.15, 0.2) is 72.9 Å². The van der Waals surface area contributed by atoms with E-state index in [0.717, 1.165) is 64.2 Å². The molecule has 0 saturated carbocycles. The van der Waals surface area contributed by atoms with Crippen LogP contribution in [0.2, 0.25) is 0 Å². The quantitative estimate of drug-likeness (QED) is 0.0737. The Balaban J connectivity index is 3.33. The molecule has 0 radical (unpaired) electrons. The van der Waals surface area contributed by atoms with Gasteiger partial charge in [-0.3, -0.25) is 4.79 Å². The summed E-state index contributed by atoms with van der Waals surface area (Å²) in [6.45, 7) is 4.34. The first-order valence-corrected chi connectivity index (χ1v) is 16.2. The van der Waals surface area contributed by atoms with E-state index in [2.05, 4.69) is 86.8 Å². The Labute approximate surface area is 238 Å². The van der Waals surface area contributed by atoms with Gasteiger partial charge in [-0.05, 0) is 77.0 Å². The Hall–Kier alpha value is -1.89. The second kappa shape index (κ2) is 33.1. The fourth-order valence-corrected chi connectivity index (χ4v) is 4.36. The number of carbonyl (C=O) groups excluding carboxylic acids is 1. The fraction of sp³-hybridized carbons (Fsp3) is 0.649. The summed E-state index contributed by atoms with van der Waals surface area (Å²) in [7, 11) is 0. The van der Waals surface area contributed by atoms with E-state index >= 15 is 0 Å². The SMILES string of the molecule is CCC=CCC=CCC=CCCCCCCCCC(=O)CCCCCCCCC=CCC=CCC=CCC. The summed E-state index contributed by atoms with van der Waals surface area (Å²) in [5.41, 5.74) is 0. The van der Waals surface area contributed by atoms with Gasteiger partial charge in [0.1, 0.15) is 5.78 Å². The van der Waals surface area contributed by atoms with E-state index in [4.69, 9.17) is 0 Å². The van der Waals surface area contributed by atoms with Gasteiger partial charge in [-0.2, -0.15) is 0 Å². The number of hydrogen-bond acceptors (Lipinski definition) is 1. The molecule has 0 fully saturated rings. The minimum atomic E-state index is 0.492. The highest BCUT2D eigenvalue weighted by Gasteiger charge is 2.02. The first-order valence-electron chi connectivity index (χ1n) is 16.2. The molecule has 1 nitrogen and oxygen atoms in total. The molecule has 1 heteroatoms. The molecule has 0 aliphatic rings. The van der Waals surface area contributed by atoms with Crippen molar-refractivity contribution in [1.29, 1.82) is 0 Å². The highest BCUT2D eigenvalue weighted by Crippen LogP contribution is 2.13. The number of Topliss-reactive ketones (excluding diaryl/α,β-unsaturated/α-hetero) is 1. The predicted molar refractivity (Wildman–Crippen MR) is 173 cm³/mol. The molecule has 0 amide bonds. The van der Waals surface area contributed by atoms with Gasteiger partial charge in [0, 0.05) is 12.8 Å². The zero-order valence-corrected chi connectivity index (χ0v) is 25.4. The number of hydrogen-bond donors (Lipinski definition) is 0. The Morgan fingerprint density at radius 2 is 0.658 bits per heavy atom. The molecule has 0 heterocycles. The smallest absolute Gasteiger partial charge is 0.132 e. The molecule has 0 rings (SSSR count). The number of unbranched alkanes of at least 4 members (excludes halogenated alkanes) is 12. The van der Waals surface area contributed by atoms with Gasteiger partial charge < -0.3 is 0 Å². The van der Waals surface area contributed by atoms with Crippen LogP contribution >= 0.6 is 0 Å². The normalized spacial score (nSPS) is 12.7. The van der Waals surface area contributed by atoms with Gasteiger partial charge in [0.05, 0.1) is 0 Å². The molecule has 0 atom stereocenters. The summed E-state index contributed by atoms with van der Waals surface area (Å²) < 4.78 is 0. The molecule has 0 N–H and O–H groups in total. The summed E-state index contributed by atoms with van der Waals surface area (Å²) in [5, 5.41) is 0. The lowest BCUT2D eigenvalue weighted by Crippen LogP contribution is -1.97. The maximum absolute atomic E-state index is 12.1. The molecule has 0 aromatic rings. The van der Waals surface area contributed by atoms with E-state index < -0.39 is 0 Å². The van der Waals surface area contributed by atoms with Crippen LogP contribution in [0.3, 0.4) is 0 Å². The molecule has 38 heavy (non-hydrogen) atoms. The highest BCUT2D eigenvalue weighted by atomic mass is 16.1. The van der Waals surface area contributed by atoms with Crippen molar-refractivity contribution in [3.63, 3.8) is 0 Å². The Morgan fingerprint density at radius 3 is 1.03 bits per heavy atom. The Morgan fingerprint density at radius 1 is 0.368 bits per heavy atom. The van der Waals surface area contributed by atoms with Crippen molar-refractivity contribution >= 4 is 5.78 Å². The van der Waals surface area contributed by atoms with Gasteiger partial charge in [-0.15, -0.1) is 0 Å². The largest absolute Gasteiger partial charge is 0.300 e. The van der Waals surface area contributed by atoms with Crippen molar-refractivity contribution in [2.45, 2.75) is 155 Å². The van der Waals surface area contributed by atoms with Crippen LogP contribution in [0.4, 0.5) is 0 Å². The average Bonchev–Trinajstić information content (AvgIpc) is 2.92. The topological polar surface area (TPSA) is 17.1 Å². The molecule has 0 unspecified atom stereocenters. The number of carbonyl (C=O) groups is 1. The van der Waals surface area contributed by atoms with Crippen LogP contribution in [0.1, 0.15) is 155 Å². The molecular weight excluding hydrogens is 460 g/mol. The summed E-state index contributed by atoms with van der Waals surface area (Å²) >= 11 is 0.